The molecular weight excluding hydrogens is 404 g/mol. The predicted octanol–water partition coefficient (Wildman–Crippen LogP) is 7.13. The molecule has 0 bridgehead atoms. The summed E-state index contributed by atoms with van der Waals surface area (Å²) in [6.45, 7) is 2.15. The molecule has 0 radical (unpaired) electrons. The summed E-state index contributed by atoms with van der Waals surface area (Å²) in [5.74, 6) is 0.512. The highest BCUT2D eigenvalue weighted by atomic mass is 16.5. The molecule has 184 valence electrons. The van der Waals surface area contributed by atoms with Crippen LogP contribution in [0.2, 0.25) is 0 Å². The van der Waals surface area contributed by atoms with Gasteiger partial charge in [-0.1, -0.05) is 83.5 Å². The first-order chi connectivity index (χ1) is 15.6. The molecule has 0 aliphatic carbocycles. The molecule has 0 amide bonds. The number of hydrogen-bond donors (Lipinski definition) is 2. The summed E-state index contributed by atoms with van der Waals surface area (Å²) < 4.78 is 10.4. The van der Waals surface area contributed by atoms with Gasteiger partial charge in [-0.05, 0) is 31.4 Å². The molecule has 5 nitrogen and oxygen atoms in total. The van der Waals surface area contributed by atoms with Gasteiger partial charge < -0.3 is 19.7 Å². The summed E-state index contributed by atoms with van der Waals surface area (Å²) in [5.41, 5.74) is 1.07. The number of carbonyl (C=O) groups excluding carboxylic acids is 1. The second kappa shape index (κ2) is 17.8. The van der Waals surface area contributed by atoms with Gasteiger partial charge in [0.1, 0.15) is 0 Å². The topological polar surface area (TPSA) is 76.0 Å². The quantitative estimate of drug-likeness (QED) is 0.163. The van der Waals surface area contributed by atoms with Crippen LogP contribution in [0.4, 0.5) is 0 Å². The number of unbranched alkanes of at least 4 members (excludes halogenated alkanes) is 14. The lowest BCUT2D eigenvalue weighted by molar-refractivity contribution is 0.0975. The van der Waals surface area contributed by atoms with Crippen LogP contribution in [0.15, 0.2) is 6.07 Å². The number of Topliss-reactive ketones (excluding diaryl/α,β-unsaturated/α-hetero) is 1. The number of phenols is 1. The summed E-state index contributed by atoms with van der Waals surface area (Å²) in [6, 6.07) is 1.74. The highest BCUT2D eigenvalue weighted by molar-refractivity contribution is 6.01. The minimum Gasteiger partial charge on any atom is -0.504 e. The highest BCUT2D eigenvalue weighted by Gasteiger charge is 2.21. The number of aliphatic hydroxyl groups excluding tert-OH is 1. The monoisotopic (exact) mass is 450 g/mol. The van der Waals surface area contributed by atoms with E-state index in [1.807, 2.05) is 6.92 Å². The van der Waals surface area contributed by atoms with Crippen molar-refractivity contribution in [2.24, 2.45) is 0 Å². The Hall–Kier alpha value is -1.75. The van der Waals surface area contributed by atoms with Gasteiger partial charge in [-0.2, -0.15) is 0 Å². The van der Waals surface area contributed by atoms with Crippen molar-refractivity contribution in [3.63, 3.8) is 0 Å². The van der Waals surface area contributed by atoms with Gasteiger partial charge in [-0.25, -0.2) is 0 Å². The first kappa shape index (κ1) is 28.3. The predicted molar refractivity (Wildman–Crippen MR) is 131 cm³/mol. The van der Waals surface area contributed by atoms with Gasteiger partial charge >= 0.3 is 0 Å². The van der Waals surface area contributed by atoms with Crippen molar-refractivity contribution in [2.45, 2.75) is 110 Å². The average molecular weight is 451 g/mol. The maximum absolute atomic E-state index is 12.6. The molecule has 1 aromatic rings. The van der Waals surface area contributed by atoms with E-state index in [2.05, 4.69) is 0 Å². The van der Waals surface area contributed by atoms with Crippen LogP contribution in [0.1, 0.15) is 119 Å². The van der Waals surface area contributed by atoms with E-state index in [0.717, 1.165) is 25.7 Å². The van der Waals surface area contributed by atoms with Crippen LogP contribution in [0.3, 0.4) is 0 Å². The summed E-state index contributed by atoms with van der Waals surface area (Å²) in [6.07, 6.45) is 18.8. The van der Waals surface area contributed by atoms with Gasteiger partial charge in [0.2, 0.25) is 5.75 Å². The molecular formula is C27H46O5. The van der Waals surface area contributed by atoms with Crippen LogP contribution in [-0.2, 0) is 0 Å². The number of rotatable bonds is 20. The van der Waals surface area contributed by atoms with E-state index >= 15 is 0 Å². The molecule has 0 aliphatic heterocycles. The van der Waals surface area contributed by atoms with Crippen molar-refractivity contribution in [3.8, 4) is 17.2 Å². The van der Waals surface area contributed by atoms with Gasteiger partial charge in [-0.3, -0.25) is 4.79 Å². The number of phenolic OH excluding ortho intramolecular Hbond substituents is 1. The van der Waals surface area contributed by atoms with Gasteiger partial charge in [-0.15, -0.1) is 0 Å². The Kier molecular flexibility index (Phi) is 15.7. The third-order valence-electron chi connectivity index (χ3n) is 6.18. The number of benzene rings is 1. The Balaban J connectivity index is 2.08. The van der Waals surface area contributed by atoms with Crippen molar-refractivity contribution in [1.29, 1.82) is 0 Å². The maximum atomic E-state index is 12.6. The fraction of sp³-hybridized carbons (Fsp3) is 0.741. The normalized spacial score (nSPS) is 11.0. The number of ketones is 1. The molecule has 0 atom stereocenters. The number of aryl methyl sites for hydroxylation is 1. The van der Waals surface area contributed by atoms with Gasteiger partial charge in [0.05, 0.1) is 19.8 Å². The standard InChI is InChI=1S/C27H46O5/c1-22-21-24(31-2)27(32-3)26(30)25(22)23(29)19-17-15-13-11-9-7-5-4-6-8-10-12-14-16-18-20-28/h21,28,30H,4-20H2,1-3H3. The minimum absolute atomic E-state index is 0.0330. The van der Waals surface area contributed by atoms with Crippen molar-refractivity contribution in [3.05, 3.63) is 17.2 Å². The van der Waals surface area contributed by atoms with Crippen LogP contribution in [0.25, 0.3) is 0 Å². The summed E-state index contributed by atoms with van der Waals surface area (Å²) in [5, 5.41) is 19.2. The third kappa shape index (κ3) is 10.7. The first-order valence-corrected chi connectivity index (χ1v) is 12.6. The van der Waals surface area contributed by atoms with Crippen LogP contribution >= 0.6 is 0 Å². The zero-order chi connectivity index (χ0) is 23.6. The molecule has 5 heteroatoms. The lowest BCUT2D eigenvalue weighted by Gasteiger charge is -2.15. The smallest absolute Gasteiger partial charge is 0.203 e. The minimum atomic E-state index is -0.115. The van der Waals surface area contributed by atoms with Crippen LogP contribution in [0, 0.1) is 6.92 Å². The van der Waals surface area contributed by atoms with E-state index in [1.165, 1.54) is 84.8 Å². The molecule has 0 unspecified atom stereocenters. The molecule has 0 heterocycles. The zero-order valence-electron chi connectivity index (χ0n) is 20.7. The van der Waals surface area contributed by atoms with Crippen LogP contribution in [0.5, 0.6) is 17.2 Å². The first-order valence-electron chi connectivity index (χ1n) is 12.6. The summed E-state index contributed by atoms with van der Waals surface area (Å²) in [7, 11) is 2.98. The molecule has 0 aliphatic rings. The Morgan fingerprint density at radius 2 is 1.19 bits per heavy atom. The molecule has 0 aromatic heterocycles. The molecule has 1 rings (SSSR count). The highest BCUT2D eigenvalue weighted by Crippen LogP contribution is 2.41. The summed E-state index contributed by atoms with van der Waals surface area (Å²) in [4.78, 5) is 12.6. The fourth-order valence-electron chi connectivity index (χ4n) is 4.27. The number of aromatic hydroxyl groups is 1. The Bertz CT molecular complexity index is 641. The van der Waals surface area contributed by atoms with Crippen molar-refractivity contribution >= 4 is 5.78 Å². The molecule has 32 heavy (non-hydrogen) atoms. The van der Waals surface area contributed by atoms with Crippen molar-refractivity contribution in [1.82, 2.24) is 0 Å². The zero-order valence-corrected chi connectivity index (χ0v) is 20.7. The number of ether oxygens (including phenoxy) is 2. The third-order valence-corrected chi connectivity index (χ3v) is 6.18. The van der Waals surface area contributed by atoms with Gasteiger partial charge in [0.15, 0.2) is 17.3 Å². The SMILES string of the molecule is COc1cc(C)c(C(=O)CCCCCCCCCCCCCCCCCO)c(O)c1OC. The fourth-order valence-corrected chi connectivity index (χ4v) is 4.27. The summed E-state index contributed by atoms with van der Waals surface area (Å²) >= 11 is 0. The van der Waals surface area contributed by atoms with Crippen LogP contribution < -0.4 is 9.47 Å². The second-order valence-corrected chi connectivity index (χ2v) is 8.85. The average Bonchev–Trinajstić information content (AvgIpc) is 2.78. The van der Waals surface area contributed by atoms with Crippen LogP contribution in [-0.4, -0.2) is 36.8 Å². The second-order valence-electron chi connectivity index (χ2n) is 8.85. The molecule has 0 saturated carbocycles. The lowest BCUT2D eigenvalue weighted by atomic mass is 9.97. The Morgan fingerprint density at radius 3 is 1.59 bits per heavy atom. The number of hydrogen-bond acceptors (Lipinski definition) is 5. The molecule has 0 spiro atoms. The molecule has 0 saturated heterocycles. The largest absolute Gasteiger partial charge is 0.504 e. The van der Waals surface area contributed by atoms with Gasteiger partial charge in [0, 0.05) is 13.0 Å². The van der Waals surface area contributed by atoms with E-state index in [4.69, 9.17) is 14.6 Å². The maximum Gasteiger partial charge on any atom is 0.203 e. The van der Waals surface area contributed by atoms with E-state index in [-0.39, 0.29) is 17.3 Å². The van der Waals surface area contributed by atoms with E-state index < -0.39 is 0 Å². The Labute approximate surface area is 195 Å². The number of carbonyl (C=O) groups is 1. The lowest BCUT2D eigenvalue weighted by Crippen LogP contribution is -2.05. The number of aliphatic hydroxyl groups is 1. The van der Waals surface area contributed by atoms with E-state index in [0.29, 0.717) is 29.9 Å². The van der Waals surface area contributed by atoms with Crippen molar-refractivity contribution in [2.75, 3.05) is 20.8 Å². The molecule has 1 aromatic carbocycles. The molecule has 0 fully saturated rings. The van der Waals surface area contributed by atoms with Gasteiger partial charge in [0.25, 0.3) is 0 Å². The number of methoxy groups -OCH3 is 2. The van der Waals surface area contributed by atoms with E-state index in [1.54, 1.807) is 6.07 Å². The van der Waals surface area contributed by atoms with Crippen molar-refractivity contribution < 1.29 is 24.5 Å². The Morgan fingerprint density at radius 1 is 0.750 bits per heavy atom. The van der Waals surface area contributed by atoms with E-state index in [9.17, 15) is 9.90 Å². The molecule has 2 N–H and O–H groups in total.